The van der Waals surface area contributed by atoms with Crippen LogP contribution in [0.2, 0.25) is 0 Å². The number of nitrogens with two attached hydrogens (primary N) is 1. The summed E-state index contributed by atoms with van der Waals surface area (Å²) in [6.45, 7) is 0.608. The average molecular weight is 242 g/mol. The molecule has 0 atom stereocenters. The third-order valence-electron chi connectivity index (χ3n) is 2.48. The Balaban J connectivity index is 3.03. The molecular weight excluding hydrogens is 224 g/mol. The van der Waals surface area contributed by atoms with Crippen molar-refractivity contribution in [2.24, 2.45) is 5.73 Å². The topological polar surface area (TPSA) is 63.4 Å². The van der Waals surface area contributed by atoms with Gasteiger partial charge in [-0.2, -0.15) is 0 Å². The number of hydrogen-bond donors (Lipinski definition) is 1. The molecule has 0 aromatic heterocycles. The maximum absolute atomic E-state index is 11.5. The summed E-state index contributed by atoms with van der Waals surface area (Å²) >= 11 is 0. The molecule has 0 saturated heterocycles. The molecule has 0 bridgehead atoms. The fourth-order valence-corrected chi connectivity index (χ4v) is 2.04. The minimum atomic E-state index is -3.20. The van der Waals surface area contributed by atoms with Crippen molar-refractivity contribution in [1.29, 1.82) is 0 Å². The van der Waals surface area contributed by atoms with E-state index in [2.05, 4.69) is 0 Å². The Hall–Kier alpha value is -1.07. The average Bonchev–Trinajstić information content (AvgIpc) is 2.24. The number of hydrogen-bond acceptors (Lipinski definition) is 3. The molecule has 4 nitrogen and oxygen atoms in total. The number of para-hydroxylation sites is 1. The maximum atomic E-state index is 11.5. The first kappa shape index (κ1) is 13.0. The molecule has 1 aromatic rings. The van der Waals surface area contributed by atoms with E-state index in [1.54, 1.807) is 7.05 Å². The maximum Gasteiger partial charge on any atom is 0.232 e. The summed E-state index contributed by atoms with van der Waals surface area (Å²) in [5, 5.41) is 0. The third kappa shape index (κ3) is 3.21. The normalized spacial score (nSPS) is 11.4. The second kappa shape index (κ2) is 5.32. The molecule has 0 fully saturated rings. The molecule has 0 radical (unpaired) electrons. The largest absolute Gasteiger partial charge is 0.330 e. The van der Waals surface area contributed by atoms with Crippen LogP contribution >= 0.6 is 0 Å². The summed E-state index contributed by atoms with van der Waals surface area (Å²) in [6.07, 6.45) is 2.86. The van der Waals surface area contributed by atoms with Gasteiger partial charge in [-0.3, -0.25) is 4.31 Å². The summed E-state index contributed by atoms with van der Waals surface area (Å²) in [5.74, 6) is 0. The Bertz CT molecular complexity index is 443. The van der Waals surface area contributed by atoms with Crippen molar-refractivity contribution in [1.82, 2.24) is 0 Å². The third-order valence-corrected chi connectivity index (χ3v) is 3.67. The molecule has 1 rings (SSSR count). The van der Waals surface area contributed by atoms with E-state index in [0.29, 0.717) is 6.54 Å². The van der Waals surface area contributed by atoms with Gasteiger partial charge >= 0.3 is 0 Å². The highest BCUT2D eigenvalue weighted by atomic mass is 32.2. The zero-order valence-electron chi connectivity index (χ0n) is 9.68. The van der Waals surface area contributed by atoms with Crippen molar-refractivity contribution in [3.63, 3.8) is 0 Å². The van der Waals surface area contributed by atoms with Gasteiger partial charge in [0, 0.05) is 7.05 Å². The Morgan fingerprint density at radius 3 is 2.50 bits per heavy atom. The van der Waals surface area contributed by atoms with E-state index < -0.39 is 10.0 Å². The highest BCUT2D eigenvalue weighted by Crippen LogP contribution is 2.22. The first-order valence-electron chi connectivity index (χ1n) is 5.18. The van der Waals surface area contributed by atoms with E-state index in [4.69, 9.17) is 5.73 Å². The van der Waals surface area contributed by atoms with Crippen LogP contribution < -0.4 is 10.0 Å². The Labute approximate surface area is 97.1 Å². The van der Waals surface area contributed by atoms with Gasteiger partial charge < -0.3 is 5.73 Å². The van der Waals surface area contributed by atoms with Crippen LogP contribution in [0.3, 0.4) is 0 Å². The van der Waals surface area contributed by atoms with Gasteiger partial charge in [-0.1, -0.05) is 18.2 Å². The number of rotatable bonds is 5. The molecule has 0 unspecified atom stereocenters. The molecule has 90 valence electrons. The standard InChI is InChI=1S/C11H18N2O2S/c1-13(16(2,14)15)11-8-4-3-6-10(11)7-5-9-12/h3-4,6,8H,5,7,9,12H2,1-2H3. The summed E-state index contributed by atoms with van der Waals surface area (Å²) in [7, 11) is -1.64. The van der Waals surface area contributed by atoms with E-state index in [1.165, 1.54) is 10.6 Å². The SMILES string of the molecule is CN(c1ccccc1CCCN)S(C)(=O)=O. The summed E-state index contributed by atoms with van der Waals surface area (Å²) in [6, 6.07) is 7.49. The molecule has 0 heterocycles. The van der Waals surface area contributed by atoms with Crippen LogP contribution in [0.25, 0.3) is 0 Å². The highest BCUT2D eigenvalue weighted by Gasteiger charge is 2.14. The Morgan fingerprint density at radius 2 is 1.94 bits per heavy atom. The first-order valence-corrected chi connectivity index (χ1v) is 7.03. The van der Waals surface area contributed by atoms with Gasteiger partial charge in [0.15, 0.2) is 0 Å². The van der Waals surface area contributed by atoms with E-state index >= 15 is 0 Å². The van der Waals surface area contributed by atoms with Gasteiger partial charge in [-0.15, -0.1) is 0 Å². The van der Waals surface area contributed by atoms with Crippen LogP contribution in [0.4, 0.5) is 5.69 Å². The molecule has 16 heavy (non-hydrogen) atoms. The van der Waals surface area contributed by atoms with Crippen LogP contribution in [-0.2, 0) is 16.4 Å². The Morgan fingerprint density at radius 1 is 1.31 bits per heavy atom. The molecule has 2 N–H and O–H groups in total. The number of anilines is 1. The molecule has 0 saturated carbocycles. The molecular formula is C11H18N2O2S. The molecule has 0 spiro atoms. The van der Waals surface area contributed by atoms with Gasteiger partial charge in [-0.05, 0) is 31.0 Å². The van der Waals surface area contributed by atoms with Crippen molar-refractivity contribution in [3.05, 3.63) is 29.8 Å². The molecule has 1 aromatic carbocycles. The lowest BCUT2D eigenvalue weighted by Crippen LogP contribution is -2.25. The fraction of sp³-hybridized carbons (Fsp3) is 0.455. The van der Waals surface area contributed by atoms with Crippen LogP contribution in [0.5, 0.6) is 0 Å². The summed E-state index contributed by atoms with van der Waals surface area (Å²) < 4.78 is 24.2. The second-order valence-corrected chi connectivity index (χ2v) is 5.77. The number of benzene rings is 1. The predicted molar refractivity (Wildman–Crippen MR) is 67.1 cm³/mol. The quantitative estimate of drug-likeness (QED) is 0.837. The van der Waals surface area contributed by atoms with Crippen molar-refractivity contribution >= 4 is 15.7 Å². The summed E-state index contributed by atoms with van der Waals surface area (Å²) in [4.78, 5) is 0. The van der Waals surface area contributed by atoms with E-state index in [0.717, 1.165) is 24.1 Å². The zero-order chi connectivity index (χ0) is 12.2. The monoisotopic (exact) mass is 242 g/mol. The number of nitrogens with zero attached hydrogens (tertiary/aromatic N) is 1. The van der Waals surface area contributed by atoms with Crippen LogP contribution in [-0.4, -0.2) is 28.3 Å². The van der Waals surface area contributed by atoms with Gasteiger partial charge in [0.1, 0.15) is 0 Å². The van der Waals surface area contributed by atoms with Crippen LogP contribution in [0.1, 0.15) is 12.0 Å². The lowest BCUT2D eigenvalue weighted by Gasteiger charge is -2.20. The minimum absolute atomic E-state index is 0.608. The van der Waals surface area contributed by atoms with Gasteiger partial charge in [0.2, 0.25) is 10.0 Å². The van der Waals surface area contributed by atoms with Crippen LogP contribution in [0, 0.1) is 0 Å². The Kier molecular flexibility index (Phi) is 4.32. The van der Waals surface area contributed by atoms with E-state index in [-0.39, 0.29) is 0 Å². The minimum Gasteiger partial charge on any atom is -0.330 e. The molecule has 5 heteroatoms. The lowest BCUT2D eigenvalue weighted by atomic mass is 10.1. The van der Waals surface area contributed by atoms with Crippen molar-refractivity contribution < 1.29 is 8.42 Å². The molecule has 0 aliphatic rings. The fourth-order valence-electron chi connectivity index (χ4n) is 1.50. The van der Waals surface area contributed by atoms with Crippen molar-refractivity contribution in [2.75, 3.05) is 24.2 Å². The first-order chi connectivity index (χ1) is 7.46. The summed E-state index contributed by atoms with van der Waals surface area (Å²) in [5.41, 5.74) is 7.21. The van der Waals surface area contributed by atoms with Crippen LogP contribution in [0.15, 0.2) is 24.3 Å². The highest BCUT2D eigenvalue weighted by molar-refractivity contribution is 7.92. The second-order valence-electron chi connectivity index (χ2n) is 3.75. The molecule has 0 aliphatic carbocycles. The predicted octanol–water partition coefficient (Wildman–Crippen LogP) is 0.974. The van der Waals surface area contributed by atoms with Gasteiger partial charge in [0.25, 0.3) is 0 Å². The smallest absolute Gasteiger partial charge is 0.232 e. The van der Waals surface area contributed by atoms with E-state index in [1.807, 2.05) is 24.3 Å². The van der Waals surface area contributed by atoms with E-state index in [9.17, 15) is 8.42 Å². The van der Waals surface area contributed by atoms with Gasteiger partial charge in [0.05, 0.1) is 11.9 Å². The zero-order valence-corrected chi connectivity index (χ0v) is 10.5. The van der Waals surface area contributed by atoms with Crippen molar-refractivity contribution in [3.8, 4) is 0 Å². The number of aryl methyl sites for hydroxylation is 1. The molecule has 0 amide bonds. The lowest BCUT2D eigenvalue weighted by molar-refractivity contribution is 0.600. The van der Waals surface area contributed by atoms with Gasteiger partial charge in [-0.25, -0.2) is 8.42 Å². The molecule has 0 aliphatic heterocycles. The number of sulfonamides is 1. The van der Waals surface area contributed by atoms with Crippen molar-refractivity contribution in [2.45, 2.75) is 12.8 Å².